The summed E-state index contributed by atoms with van der Waals surface area (Å²) in [5, 5.41) is 0. The van der Waals surface area contributed by atoms with Crippen molar-refractivity contribution in [2.75, 3.05) is 33.3 Å². The molecule has 2 rings (SSSR count). The maximum absolute atomic E-state index is 12.4. The van der Waals surface area contributed by atoms with Crippen molar-refractivity contribution in [3.63, 3.8) is 0 Å². The van der Waals surface area contributed by atoms with Crippen LogP contribution in [0.4, 0.5) is 0 Å². The Bertz CT molecular complexity index is 337. The van der Waals surface area contributed by atoms with Gasteiger partial charge >= 0.3 is 0 Å². The normalized spacial score (nSPS) is 29.4. The lowest BCUT2D eigenvalue weighted by molar-refractivity contribution is 0.114. The van der Waals surface area contributed by atoms with E-state index in [-0.39, 0.29) is 6.10 Å². The minimum atomic E-state index is -3.24. The molecule has 2 saturated heterocycles. The second-order valence-electron chi connectivity index (χ2n) is 4.83. The highest BCUT2D eigenvalue weighted by atomic mass is 32.2. The molecule has 0 saturated carbocycles. The highest BCUT2D eigenvalue weighted by Gasteiger charge is 2.35. The first-order valence-electron chi connectivity index (χ1n) is 6.42. The molecule has 0 aromatic heterocycles. The molecule has 0 bridgehead atoms. The molecule has 1 atom stereocenters. The third kappa shape index (κ3) is 2.99. The number of methoxy groups -OCH3 is 1. The average molecular weight is 262 g/mol. The van der Waals surface area contributed by atoms with Gasteiger partial charge in [-0.15, -0.1) is 0 Å². The number of hydrogen-bond donors (Lipinski definition) is 0. The summed E-state index contributed by atoms with van der Waals surface area (Å²) in [7, 11) is -1.60. The molecule has 0 radical (unpaired) electrons. The molecular weight excluding hydrogens is 240 g/mol. The fourth-order valence-electron chi connectivity index (χ4n) is 2.54. The molecule has 5 nitrogen and oxygen atoms in total. The average Bonchev–Trinajstić information content (AvgIpc) is 2.64. The van der Waals surface area contributed by atoms with Crippen LogP contribution in [0.1, 0.15) is 32.1 Å². The van der Waals surface area contributed by atoms with Gasteiger partial charge in [0.25, 0.3) is 10.2 Å². The van der Waals surface area contributed by atoms with Gasteiger partial charge in [0.15, 0.2) is 0 Å². The summed E-state index contributed by atoms with van der Waals surface area (Å²) in [4.78, 5) is 0. The van der Waals surface area contributed by atoms with E-state index in [0.717, 1.165) is 32.1 Å². The molecule has 0 aromatic rings. The third-order valence-corrected chi connectivity index (χ3v) is 5.66. The highest BCUT2D eigenvalue weighted by Crippen LogP contribution is 2.21. The van der Waals surface area contributed by atoms with Gasteiger partial charge in [0.05, 0.1) is 6.10 Å². The van der Waals surface area contributed by atoms with Gasteiger partial charge in [-0.05, 0) is 19.3 Å². The maximum Gasteiger partial charge on any atom is 0.282 e. The van der Waals surface area contributed by atoms with Crippen molar-refractivity contribution < 1.29 is 13.2 Å². The first kappa shape index (κ1) is 13.3. The molecule has 2 heterocycles. The van der Waals surface area contributed by atoms with Crippen LogP contribution in [0, 0.1) is 0 Å². The topological polar surface area (TPSA) is 49.9 Å². The summed E-state index contributed by atoms with van der Waals surface area (Å²) >= 11 is 0. The van der Waals surface area contributed by atoms with Crippen molar-refractivity contribution in [2.45, 2.75) is 38.2 Å². The summed E-state index contributed by atoms with van der Waals surface area (Å²) in [6, 6.07) is 0. The molecular formula is C11H22N2O3S. The Hall–Kier alpha value is -0.170. The summed E-state index contributed by atoms with van der Waals surface area (Å²) in [6.07, 6.45) is 5.14. The second-order valence-corrected chi connectivity index (χ2v) is 6.75. The molecule has 0 N–H and O–H groups in total. The Morgan fingerprint density at radius 1 is 1.00 bits per heavy atom. The van der Waals surface area contributed by atoms with Gasteiger partial charge in [0, 0.05) is 33.3 Å². The molecule has 0 spiro atoms. The quantitative estimate of drug-likeness (QED) is 0.757. The highest BCUT2D eigenvalue weighted by molar-refractivity contribution is 7.86. The van der Waals surface area contributed by atoms with Gasteiger partial charge in [-0.2, -0.15) is 17.0 Å². The van der Waals surface area contributed by atoms with Gasteiger partial charge in [-0.3, -0.25) is 0 Å². The fraction of sp³-hybridized carbons (Fsp3) is 1.00. The zero-order valence-electron chi connectivity index (χ0n) is 10.5. The predicted molar refractivity (Wildman–Crippen MR) is 65.9 cm³/mol. The lowest BCUT2D eigenvalue weighted by atomic mass is 10.2. The van der Waals surface area contributed by atoms with E-state index in [9.17, 15) is 8.42 Å². The first-order valence-corrected chi connectivity index (χ1v) is 7.82. The van der Waals surface area contributed by atoms with Crippen LogP contribution in [0.2, 0.25) is 0 Å². The van der Waals surface area contributed by atoms with Crippen molar-refractivity contribution in [2.24, 2.45) is 0 Å². The monoisotopic (exact) mass is 262 g/mol. The Balaban J connectivity index is 2.02. The van der Waals surface area contributed by atoms with E-state index >= 15 is 0 Å². The van der Waals surface area contributed by atoms with Gasteiger partial charge in [0.1, 0.15) is 0 Å². The maximum atomic E-state index is 12.4. The Kier molecular flexibility index (Phi) is 4.41. The van der Waals surface area contributed by atoms with Crippen molar-refractivity contribution in [1.29, 1.82) is 0 Å². The number of hydrogen-bond acceptors (Lipinski definition) is 3. The van der Waals surface area contributed by atoms with E-state index in [0.29, 0.717) is 26.2 Å². The number of nitrogens with zero attached hydrogens (tertiary/aromatic N) is 2. The van der Waals surface area contributed by atoms with Gasteiger partial charge in [0.2, 0.25) is 0 Å². The van der Waals surface area contributed by atoms with Crippen LogP contribution in [0.3, 0.4) is 0 Å². The van der Waals surface area contributed by atoms with Crippen molar-refractivity contribution in [1.82, 2.24) is 8.61 Å². The van der Waals surface area contributed by atoms with Crippen LogP contribution in [0.15, 0.2) is 0 Å². The van der Waals surface area contributed by atoms with E-state index in [2.05, 4.69) is 0 Å². The third-order valence-electron chi connectivity index (χ3n) is 3.66. The smallest absolute Gasteiger partial charge is 0.282 e. The van der Waals surface area contributed by atoms with E-state index in [4.69, 9.17) is 4.74 Å². The van der Waals surface area contributed by atoms with E-state index < -0.39 is 10.2 Å². The van der Waals surface area contributed by atoms with Crippen LogP contribution in [0.5, 0.6) is 0 Å². The molecule has 2 aliphatic rings. The second kappa shape index (κ2) is 5.65. The van der Waals surface area contributed by atoms with Crippen LogP contribution in [0.25, 0.3) is 0 Å². The lowest BCUT2D eigenvalue weighted by Gasteiger charge is -2.26. The molecule has 100 valence electrons. The van der Waals surface area contributed by atoms with Crippen LogP contribution < -0.4 is 0 Å². The molecule has 0 aliphatic carbocycles. The molecule has 2 aliphatic heterocycles. The largest absolute Gasteiger partial charge is 0.380 e. The van der Waals surface area contributed by atoms with E-state index in [1.807, 2.05) is 0 Å². The molecule has 0 amide bonds. The predicted octanol–water partition coefficient (Wildman–Crippen LogP) is 0.828. The zero-order chi connectivity index (χ0) is 12.3. The van der Waals surface area contributed by atoms with E-state index in [1.54, 1.807) is 15.7 Å². The summed E-state index contributed by atoms with van der Waals surface area (Å²) in [6.45, 7) is 2.46. The minimum Gasteiger partial charge on any atom is -0.380 e. The van der Waals surface area contributed by atoms with Crippen molar-refractivity contribution in [3.05, 3.63) is 0 Å². The van der Waals surface area contributed by atoms with Crippen LogP contribution in [-0.4, -0.2) is 56.4 Å². The molecule has 2 fully saturated rings. The Morgan fingerprint density at radius 2 is 1.65 bits per heavy atom. The molecule has 6 heteroatoms. The summed E-state index contributed by atoms with van der Waals surface area (Å²) in [5.74, 6) is 0. The Morgan fingerprint density at radius 3 is 2.18 bits per heavy atom. The van der Waals surface area contributed by atoms with Crippen molar-refractivity contribution in [3.8, 4) is 0 Å². The standard InChI is InChI=1S/C11H22N2O3S/c1-16-11-6-9-13(10-11)17(14,15)12-7-4-2-3-5-8-12/h11H,2-10H2,1H3/t11-/m0/s1. The minimum absolute atomic E-state index is 0.0664. The molecule has 0 aromatic carbocycles. The van der Waals surface area contributed by atoms with Crippen molar-refractivity contribution >= 4 is 10.2 Å². The van der Waals surface area contributed by atoms with E-state index in [1.165, 1.54) is 0 Å². The lowest BCUT2D eigenvalue weighted by Crippen LogP contribution is -2.43. The SMILES string of the molecule is CO[C@H]1CCN(S(=O)(=O)N2CCCCCC2)C1. The Labute approximate surface area is 104 Å². The summed E-state index contributed by atoms with van der Waals surface area (Å²) < 4.78 is 33.2. The first-order chi connectivity index (χ1) is 8.14. The van der Waals surface area contributed by atoms with Gasteiger partial charge in [-0.1, -0.05) is 12.8 Å². The number of rotatable bonds is 3. The molecule has 0 unspecified atom stereocenters. The number of ether oxygens (including phenoxy) is 1. The fourth-order valence-corrected chi connectivity index (χ4v) is 4.27. The van der Waals surface area contributed by atoms with Crippen LogP contribution >= 0.6 is 0 Å². The zero-order valence-corrected chi connectivity index (χ0v) is 11.3. The van der Waals surface area contributed by atoms with Gasteiger partial charge < -0.3 is 4.74 Å². The molecule has 17 heavy (non-hydrogen) atoms. The van der Waals surface area contributed by atoms with Gasteiger partial charge in [-0.25, -0.2) is 0 Å². The summed E-state index contributed by atoms with van der Waals surface area (Å²) in [5.41, 5.74) is 0. The van der Waals surface area contributed by atoms with Crippen LogP contribution in [-0.2, 0) is 14.9 Å².